The lowest BCUT2D eigenvalue weighted by molar-refractivity contribution is -0.697. The van der Waals surface area contributed by atoms with Crippen LogP contribution in [-0.4, -0.2) is 0 Å². The molecule has 0 unspecified atom stereocenters. The number of hydrogen-bond donors (Lipinski definition) is 0. The monoisotopic (exact) mass is 176 g/mol. The van der Waals surface area contributed by atoms with Gasteiger partial charge in [-0.3, -0.25) is 0 Å². The minimum atomic E-state index is 1.13. The highest BCUT2D eigenvalue weighted by atomic mass is 14.9. The molecule has 1 rings (SSSR count). The van der Waals surface area contributed by atoms with Gasteiger partial charge in [0.25, 0.3) is 0 Å². The van der Waals surface area contributed by atoms with Crippen molar-refractivity contribution in [2.24, 2.45) is 0 Å². The molecule has 70 valence electrons. The Balaban J connectivity index is 2.58. The molecule has 1 aromatic rings. The van der Waals surface area contributed by atoms with E-state index in [1.165, 1.54) is 18.4 Å². The molecular formula is C12H18N+. The van der Waals surface area contributed by atoms with E-state index in [1.807, 2.05) is 6.92 Å². The summed E-state index contributed by atoms with van der Waals surface area (Å²) in [5, 5.41) is 0. The Morgan fingerprint density at radius 2 is 2.00 bits per heavy atom. The molecule has 0 amide bonds. The van der Waals surface area contributed by atoms with E-state index in [0.29, 0.717) is 0 Å². The molecule has 1 heterocycles. The van der Waals surface area contributed by atoms with Gasteiger partial charge in [-0.25, -0.2) is 4.57 Å². The van der Waals surface area contributed by atoms with Crippen molar-refractivity contribution >= 4 is 6.08 Å². The molecule has 13 heavy (non-hydrogen) atoms. The first-order valence-corrected chi connectivity index (χ1v) is 4.98. The van der Waals surface area contributed by atoms with Crippen molar-refractivity contribution in [3.8, 4) is 0 Å². The van der Waals surface area contributed by atoms with Crippen LogP contribution in [0.15, 0.2) is 30.6 Å². The van der Waals surface area contributed by atoms with Crippen LogP contribution in [-0.2, 0) is 6.54 Å². The maximum absolute atomic E-state index is 2.23. The van der Waals surface area contributed by atoms with Crippen molar-refractivity contribution in [2.75, 3.05) is 0 Å². The van der Waals surface area contributed by atoms with Gasteiger partial charge in [-0.2, -0.15) is 0 Å². The molecule has 0 saturated carbocycles. The Bertz CT molecular complexity index is 259. The number of pyridine rings is 1. The van der Waals surface area contributed by atoms with E-state index in [2.05, 4.69) is 48.2 Å². The second-order valence-electron chi connectivity index (χ2n) is 3.22. The maximum atomic E-state index is 2.23. The van der Waals surface area contributed by atoms with Crippen LogP contribution >= 0.6 is 0 Å². The van der Waals surface area contributed by atoms with Crippen LogP contribution in [0.3, 0.4) is 0 Å². The zero-order valence-electron chi connectivity index (χ0n) is 8.53. The molecule has 0 radical (unpaired) electrons. The van der Waals surface area contributed by atoms with Crippen LogP contribution in [0.4, 0.5) is 0 Å². The van der Waals surface area contributed by atoms with Gasteiger partial charge in [-0.1, -0.05) is 25.5 Å². The number of rotatable bonds is 4. The number of aryl methyl sites for hydroxylation is 1. The highest BCUT2D eigenvalue weighted by Crippen LogP contribution is 1.98. The molecule has 0 aliphatic rings. The molecule has 0 aliphatic heterocycles. The molecule has 0 saturated heterocycles. The molecule has 1 heteroatoms. The zero-order chi connectivity index (χ0) is 9.52. The van der Waals surface area contributed by atoms with E-state index in [0.717, 1.165) is 6.54 Å². The molecule has 0 bridgehead atoms. The average Bonchev–Trinajstić information content (AvgIpc) is 2.17. The molecule has 0 fully saturated rings. The summed E-state index contributed by atoms with van der Waals surface area (Å²) in [6, 6.07) is 4.30. The van der Waals surface area contributed by atoms with Crippen LogP contribution in [0.2, 0.25) is 0 Å². The van der Waals surface area contributed by atoms with Crippen LogP contribution in [0, 0.1) is 0 Å². The minimum absolute atomic E-state index is 1.13. The van der Waals surface area contributed by atoms with Crippen LogP contribution < -0.4 is 4.57 Å². The Labute approximate surface area is 80.7 Å². The normalized spacial score (nSPS) is 10.9. The lowest BCUT2D eigenvalue weighted by Gasteiger charge is -1.95. The quantitative estimate of drug-likeness (QED) is 0.621. The summed E-state index contributed by atoms with van der Waals surface area (Å²) in [4.78, 5) is 0. The molecular weight excluding hydrogens is 158 g/mol. The molecule has 1 aromatic heterocycles. The van der Waals surface area contributed by atoms with Gasteiger partial charge < -0.3 is 0 Å². The summed E-state index contributed by atoms with van der Waals surface area (Å²) in [7, 11) is 0. The third-order valence-corrected chi connectivity index (χ3v) is 2.05. The lowest BCUT2D eigenvalue weighted by atomic mass is 10.2. The fourth-order valence-corrected chi connectivity index (χ4v) is 1.26. The second-order valence-corrected chi connectivity index (χ2v) is 3.22. The summed E-state index contributed by atoms with van der Waals surface area (Å²) in [5.74, 6) is 0. The van der Waals surface area contributed by atoms with Crippen molar-refractivity contribution < 1.29 is 4.57 Å². The third kappa shape index (κ3) is 3.41. The highest BCUT2D eigenvalue weighted by molar-refractivity contribution is 5.46. The Hall–Kier alpha value is -1.11. The zero-order valence-corrected chi connectivity index (χ0v) is 8.53. The van der Waals surface area contributed by atoms with Gasteiger partial charge in [0.2, 0.25) is 0 Å². The van der Waals surface area contributed by atoms with Crippen LogP contribution in [0.1, 0.15) is 32.3 Å². The number of unbranched alkanes of at least 4 members (excludes halogenated alkanes) is 1. The van der Waals surface area contributed by atoms with Crippen molar-refractivity contribution in [1.82, 2.24) is 0 Å². The summed E-state index contributed by atoms with van der Waals surface area (Å²) < 4.78 is 2.23. The second kappa shape index (κ2) is 5.52. The van der Waals surface area contributed by atoms with Gasteiger partial charge >= 0.3 is 0 Å². The highest BCUT2D eigenvalue weighted by Gasteiger charge is 1.97. The number of aromatic nitrogens is 1. The van der Waals surface area contributed by atoms with Crippen molar-refractivity contribution in [2.45, 2.75) is 33.2 Å². The predicted molar refractivity (Wildman–Crippen MR) is 56.3 cm³/mol. The van der Waals surface area contributed by atoms with E-state index in [1.54, 1.807) is 0 Å². The average molecular weight is 176 g/mol. The first kappa shape index (κ1) is 9.97. The maximum Gasteiger partial charge on any atom is 0.169 e. The van der Waals surface area contributed by atoms with Gasteiger partial charge in [0.05, 0.1) is 0 Å². The Morgan fingerprint density at radius 1 is 1.31 bits per heavy atom. The molecule has 0 aliphatic carbocycles. The van der Waals surface area contributed by atoms with Gasteiger partial charge in [0.15, 0.2) is 12.4 Å². The van der Waals surface area contributed by atoms with E-state index in [9.17, 15) is 0 Å². The first-order valence-electron chi connectivity index (χ1n) is 4.98. The van der Waals surface area contributed by atoms with E-state index < -0.39 is 0 Å². The minimum Gasteiger partial charge on any atom is -0.205 e. The van der Waals surface area contributed by atoms with Crippen molar-refractivity contribution in [3.63, 3.8) is 0 Å². The topological polar surface area (TPSA) is 3.88 Å². The van der Waals surface area contributed by atoms with Crippen LogP contribution in [0.25, 0.3) is 6.08 Å². The van der Waals surface area contributed by atoms with E-state index in [4.69, 9.17) is 0 Å². The van der Waals surface area contributed by atoms with Crippen LogP contribution in [0.5, 0.6) is 0 Å². The number of hydrogen-bond acceptors (Lipinski definition) is 0. The first-order chi connectivity index (χ1) is 6.36. The summed E-state index contributed by atoms with van der Waals surface area (Å²) in [6.45, 7) is 5.39. The van der Waals surface area contributed by atoms with Gasteiger partial charge in [-0.05, 0) is 12.5 Å². The SMILES string of the molecule is C/C=C/c1cc[n+](CCCC)cc1. The van der Waals surface area contributed by atoms with Gasteiger partial charge in [0.1, 0.15) is 6.54 Å². The van der Waals surface area contributed by atoms with Gasteiger partial charge in [0, 0.05) is 18.6 Å². The number of nitrogens with zero attached hydrogens (tertiary/aromatic N) is 1. The molecule has 0 atom stereocenters. The van der Waals surface area contributed by atoms with Crippen molar-refractivity contribution in [3.05, 3.63) is 36.2 Å². The predicted octanol–water partition coefficient (Wildman–Crippen LogP) is 2.81. The lowest BCUT2D eigenvalue weighted by Crippen LogP contribution is -2.32. The number of allylic oxidation sites excluding steroid dienone is 1. The molecule has 1 nitrogen and oxygen atoms in total. The fourth-order valence-electron chi connectivity index (χ4n) is 1.26. The summed E-state index contributed by atoms with van der Waals surface area (Å²) in [6.07, 6.45) is 11.0. The molecule has 0 N–H and O–H groups in total. The third-order valence-electron chi connectivity index (χ3n) is 2.05. The Kier molecular flexibility index (Phi) is 4.24. The fraction of sp³-hybridized carbons (Fsp3) is 0.417. The smallest absolute Gasteiger partial charge is 0.169 e. The standard InChI is InChI=1S/C12H18N/c1-3-5-9-13-10-7-12(6-4-2)8-11-13/h4,6-8,10-11H,3,5,9H2,1-2H3/q+1/b6-4+. The Morgan fingerprint density at radius 3 is 2.54 bits per heavy atom. The van der Waals surface area contributed by atoms with E-state index >= 15 is 0 Å². The largest absolute Gasteiger partial charge is 0.205 e. The van der Waals surface area contributed by atoms with Gasteiger partial charge in [-0.15, -0.1) is 0 Å². The van der Waals surface area contributed by atoms with Crippen molar-refractivity contribution in [1.29, 1.82) is 0 Å². The summed E-state index contributed by atoms with van der Waals surface area (Å²) in [5.41, 5.74) is 1.27. The molecule has 0 aromatic carbocycles. The summed E-state index contributed by atoms with van der Waals surface area (Å²) >= 11 is 0. The molecule has 0 spiro atoms. The van der Waals surface area contributed by atoms with E-state index in [-0.39, 0.29) is 0 Å².